The highest BCUT2D eigenvalue weighted by Crippen LogP contribution is 2.35. The molecule has 0 bridgehead atoms. The van der Waals surface area contributed by atoms with Gasteiger partial charge >= 0.3 is 11.7 Å². The Morgan fingerprint density at radius 2 is 1.85 bits per heavy atom. The van der Waals surface area contributed by atoms with Crippen LogP contribution >= 0.6 is 0 Å². The Labute approximate surface area is 153 Å². The van der Waals surface area contributed by atoms with Crippen molar-refractivity contribution in [3.8, 4) is 17.2 Å². The van der Waals surface area contributed by atoms with Crippen molar-refractivity contribution >= 4 is 11.7 Å². The number of carbonyl (C=O) groups excluding carboxylic acids is 1. The summed E-state index contributed by atoms with van der Waals surface area (Å²) < 4.78 is 26.5. The van der Waals surface area contributed by atoms with Crippen LogP contribution < -0.4 is 14.2 Å². The van der Waals surface area contributed by atoms with Crippen LogP contribution in [0, 0.1) is 10.1 Å². The number of hydrogen-bond acceptors (Lipinski definition) is 8. The Hall–Kier alpha value is -3.17. The van der Waals surface area contributed by atoms with Crippen molar-refractivity contribution < 1.29 is 33.4 Å². The molecule has 2 aliphatic heterocycles. The molecule has 2 aliphatic rings. The van der Waals surface area contributed by atoms with Gasteiger partial charge in [-0.05, 0) is 36.8 Å². The van der Waals surface area contributed by atoms with Crippen LogP contribution in [0.25, 0.3) is 0 Å². The van der Waals surface area contributed by atoms with E-state index in [0.29, 0.717) is 30.3 Å². The SMILES string of the molecule is O=C(Oc1ccc(C2OCCCO2)cc1[N+](=O)[O-])c1ccc2c(c1)OCO2. The Bertz CT molecular complexity index is 891. The summed E-state index contributed by atoms with van der Waals surface area (Å²) in [4.78, 5) is 23.2. The van der Waals surface area contributed by atoms with Crippen LogP contribution in [0.1, 0.15) is 28.6 Å². The van der Waals surface area contributed by atoms with Gasteiger partial charge in [0.05, 0.1) is 23.7 Å². The quantitative estimate of drug-likeness (QED) is 0.348. The zero-order chi connectivity index (χ0) is 18.8. The zero-order valence-corrected chi connectivity index (χ0v) is 14.1. The van der Waals surface area contributed by atoms with Gasteiger partial charge in [-0.1, -0.05) is 0 Å². The predicted octanol–water partition coefficient (Wildman–Crippen LogP) is 2.98. The number of rotatable bonds is 4. The van der Waals surface area contributed by atoms with Crippen LogP contribution in [-0.4, -0.2) is 30.9 Å². The molecule has 2 aromatic rings. The fraction of sp³-hybridized carbons (Fsp3) is 0.278. The lowest BCUT2D eigenvalue weighted by molar-refractivity contribution is -0.385. The lowest BCUT2D eigenvalue weighted by atomic mass is 10.1. The fourth-order valence-electron chi connectivity index (χ4n) is 2.77. The predicted molar refractivity (Wildman–Crippen MR) is 89.9 cm³/mol. The lowest BCUT2D eigenvalue weighted by Crippen LogP contribution is -2.18. The first-order chi connectivity index (χ1) is 13.1. The molecule has 140 valence electrons. The molecule has 0 aromatic heterocycles. The van der Waals surface area contributed by atoms with Gasteiger partial charge in [-0.2, -0.15) is 0 Å². The lowest BCUT2D eigenvalue weighted by Gasteiger charge is -2.23. The van der Waals surface area contributed by atoms with Crippen molar-refractivity contribution in [1.29, 1.82) is 0 Å². The molecular weight excluding hydrogens is 358 g/mol. The van der Waals surface area contributed by atoms with Gasteiger partial charge in [0.1, 0.15) is 0 Å². The number of esters is 1. The minimum atomic E-state index is -0.741. The van der Waals surface area contributed by atoms with E-state index in [-0.39, 0.29) is 23.8 Å². The Morgan fingerprint density at radius 3 is 2.63 bits per heavy atom. The fourth-order valence-corrected chi connectivity index (χ4v) is 2.77. The van der Waals surface area contributed by atoms with E-state index in [1.807, 2.05) is 0 Å². The topological polar surface area (TPSA) is 106 Å². The average Bonchev–Trinajstić information content (AvgIpc) is 3.16. The third-order valence-corrected chi connectivity index (χ3v) is 4.09. The summed E-state index contributed by atoms with van der Waals surface area (Å²) >= 11 is 0. The standard InChI is InChI=1S/C18H15NO8/c20-17(11-2-5-15-16(9-11)26-10-25-15)27-14-4-3-12(8-13(14)19(21)22)18-23-6-1-7-24-18/h2-5,8-9,18H,1,6-7,10H2. The van der Waals surface area contributed by atoms with Gasteiger partial charge in [0.25, 0.3) is 0 Å². The highest BCUT2D eigenvalue weighted by molar-refractivity contribution is 5.92. The molecule has 0 saturated carbocycles. The van der Waals surface area contributed by atoms with Crippen LogP contribution in [0.2, 0.25) is 0 Å². The number of ether oxygens (including phenoxy) is 5. The number of nitro benzene ring substituents is 1. The summed E-state index contributed by atoms with van der Waals surface area (Å²) in [6.45, 7) is 1.10. The van der Waals surface area contributed by atoms with Crippen molar-refractivity contribution in [2.24, 2.45) is 0 Å². The largest absolute Gasteiger partial charge is 0.454 e. The van der Waals surface area contributed by atoms with E-state index < -0.39 is 17.2 Å². The molecule has 0 N–H and O–H groups in total. The summed E-state index contributed by atoms with van der Waals surface area (Å²) in [5.41, 5.74) is 0.334. The second-order valence-electron chi connectivity index (χ2n) is 5.87. The first-order valence-corrected chi connectivity index (χ1v) is 8.25. The number of nitro groups is 1. The Morgan fingerprint density at radius 1 is 1.07 bits per heavy atom. The van der Waals surface area contributed by atoms with E-state index in [1.165, 1.54) is 24.3 Å². The maximum absolute atomic E-state index is 12.4. The van der Waals surface area contributed by atoms with E-state index in [4.69, 9.17) is 23.7 Å². The molecule has 1 fully saturated rings. The van der Waals surface area contributed by atoms with E-state index in [0.717, 1.165) is 6.42 Å². The zero-order valence-electron chi connectivity index (χ0n) is 14.1. The second kappa shape index (κ2) is 7.22. The molecule has 4 rings (SSSR count). The first kappa shape index (κ1) is 17.3. The number of nitrogens with zero attached hydrogens (tertiary/aromatic N) is 1. The third-order valence-electron chi connectivity index (χ3n) is 4.09. The van der Waals surface area contributed by atoms with Crippen LogP contribution in [0.4, 0.5) is 5.69 Å². The van der Waals surface area contributed by atoms with Gasteiger partial charge in [0.2, 0.25) is 12.5 Å². The highest BCUT2D eigenvalue weighted by atomic mass is 16.7. The summed E-state index contributed by atoms with van der Waals surface area (Å²) in [5.74, 6) is 0.0341. The van der Waals surface area contributed by atoms with E-state index >= 15 is 0 Å². The van der Waals surface area contributed by atoms with Gasteiger partial charge < -0.3 is 23.7 Å². The number of benzene rings is 2. The van der Waals surface area contributed by atoms with Crippen LogP contribution in [-0.2, 0) is 9.47 Å². The molecular formula is C18H15NO8. The number of hydrogen-bond donors (Lipinski definition) is 0. The van der Waals surface area contributed by atoms with Crippen molar-refractivity contribution in [3.63, 3.8) is 0 Å². The molecule has 0 unspecified atom stereocenters. The summed E-state index contributed by atoms with van der Waals surface area (Å²) in [6, 6.07) is 8.77. The summed E-state index contributed by atoms with van der Waals surface area (Å²) in [6.07, 6.45) is 0.0974. The Balaban J connectivity index is 1.57. The van der Waals surface area contributed by atoms with Crippen LogP contribution in [0.3, 0.4) is 0 Å². The second-order valence-corrected chi connectivity index (χ2v) is 5.87. The van der Waals surface area contributed by atoms with Crippen molar-refractivity contribution in [2.75, 3.05) is 20.0 Å². The van der Waals surface area contributed by atoms with E-state index in [2.05, 4.69) is 0 Å². The van der Waals surface area contributed by atoms with Crippen molar-refractivity contribution in [2.45, 2.75) is 12.7 Å². The average molecular weight is 373 g/mol. The molecule has 27 heavy (non-hydrogen) atoms. The molecule has 0 atom stereocenters. The normalized spacial score (nSPS) is 16.1. The van der Waals surface area contributed by atoms with Crippen LogP contribution in [0.15, 0.2) is 36.4 Å². The first-order valence-electron chi connectivity index (χ1n) is 8.25. The third kappa shape index (κ3) is 3.55. The highest BCUT2D eigenvalue weighted by Gasteiger charge is 2.25. The van der Waals surface area contributed by atoms with Gasteiger partial charge in [-0.25, -0.2) is 4.79 Å². The summed E-state index contributed by atoms with van der Waals surface area (Å²) in [7, 11) is 0. The van der Waals surface area contributed by atoms with Crippen molar-refractivity contribution in [3.05, 3.63) is 57.6 Å². The maximum Gasteiger partial charge on any atom is 0.343 e. The molecule has 9 nitrogen and oxygen atoms in total. The molecule has 0 radical (unpaired) electrons. The molecule has 0 aliphatic carbocycles. The van der Waals surface area contributed by atoms with Crippen LogP contribution in [0.5, 0.6) is 17.2 Å². The Kier molecular flexibility index (Phi) is 4.61. The molecule has 2 heterocycles. The van der Waals surface area contributed by atoms with Crippen molar-refractivity contribution in [1.82, 2.24) is 0 Å². The number of carbonyl (C=O) groups is 1. The molecule has 9 heteroatoms. The molecule has 0 spiro atoms. The maximum atomic E-state index is 12.4. The van der Waals surface area contributed by atoms with E-state index in [9.17, 15) is 14.9 Å². The van der Waals surface area contributed by atoms with Gasteiger partial charge in [-0.15, -0.1) is 0 Å². The molecule has 1 saturated heterocycles. The molecule has 0 amide bonds. The van der Waals surface area contributed by atoms with Gasteiger partial charge in [0.15, 0.2) is 17.8 Å². The smallest absolute Gasteiger partial charge is 0.343 e. The summed E-state index contributed by atoms with van der Waals surface area (Å²) in [5, 5.41) is 11.4. The van der Waals surface area contributed by atoms with Gasteiger partial charge in [-0.3, -0.25) is 10.1 Å². The van der Waals surface area contributed by atoms with Gasteiger partial charge in [0, 0.05) is 11.6 Å². The minimum Gasteiger partial charge on any atom is -0.454 e. The van der Waals surface area contributed by atoms with E-state index in [1.54, 1.807) is 12.1 Å². The monoisotopic (exact) mass is 373 g/mol. The molecule has 2 aromatic carbocycles. The number of fused-ring (bicyclic) bond motifs is 1. The minimum absolute atomic E-state index is 0.0755.